The van der Waals surface area contributed by atoms with Crippen molar-refractivity contribution in [1.82, 2.24) is 4.90 Å². The Bertz CT molecular complexity index is 251. The highest BCUT2D eigenvalue weighted by atomic mass is 16.3. The van der Waals surface area contributed by atoms with E-state index in [4.69, 9.17) is 0 Å². The minimum Gasteiger partial charge on any atom is -0.391 e. The highest BCUT2D eigenvalue weighted by molar-refractivity contribution is 4.98. The van der Waals surface area contributed by atoms with Crippen LogP contribution in [0, 0.1) is 0 Å². The Morgan fingerprint density at radius 1 is 1.00 bits per heavy atom. The molecule has 0 amide bonds. The highest BCUT2D eigenvalue weighted by Gasteiger charge is 2.29. The van der Waals surface area contributed by atoms with Gasteiger partial charge >= 0.3 is 0 Å². The first-order valence-corrected chi connectivity index (χ1v) is 7.35. The summed E-state index contributed by atoms with van der Waals surface area (Å²) in [6, 6.07) is 0.936. The Balaban J connectivity index is 1.96. The number of allylic oxidation sites excluding steroid dienone is 1. The smallest absolute Gasteiger partial charge is 0.0695 e. The molecule has 1 N–H and O–H groups in total. The molecule has 0 aliphatic heterocycles. The summed E-state index contributed by atoms with van der Waals surface area (Å²) < 4.78 is 0. The van der Waals surface area contributed by atoms with Crippen molar-refractivity contribution in [3.8, 4) is 0 Å². The first-order valence-electron chi connectivity index (χ1n) is 7.35. The van der Waals surface area contributed by atoms with Gasteiger partial charge in [0.05, 0.1) is 6.10 Å². The van der Waals surface area contributed by atoms with Crippen LogP contribution in [0.3, 0.4) is 0 Å². The average molecular weight is 237 g/mol. The summed E-state index contributed by atoms with van der Waals surface area (Å²) in [6.45, 7) is 0. The number of aliphatic hydroxyl groups is 1. The van der Waals surface area contributed by atoms with Crippen molar-refractivity contribution >= 4 is 0 Å². The average Bonchev–Trinajstić information content (AvgIpc) is 2.28. The molecule has 0 saturated heterocycles. The monoisotopic (exact) mass is 237 g/mol. The Kier molecular flexibility index (Phi) is 5.05. The highest BCUT2D eigenvalue weighted by Crippen LogP contribution is 2.26. The molecular formula is C15H27NO. The molecule has 17 heavy (non-hydrogen) atoms. The zero-order chi connectivity index (χ0) is 12.1. The van der Waals surface area contributed by atoms with Gasteiger partial charge in [-0.25, -0.2) is 0 Å². The van der Waals surface area contributed by atoms with Gasteiger partial charge in [0.15, 0.2) is 0 Å². The van der Waals surface area contributed by atoms with Gasteiger partial charge in [-0.05, 0) is 39.2 Å². The van der Waals surface area contributed by atoms with E-state index in [1.807, 2.05) is 0 Å². The van der Waals surface area contributed by atoms with Gasteiger partial charge in [-0.15, -0.1) is 0 Å². The summed E-state index contributed by atoms with van der Waals surface area (Å²) in [5, 5.41) is 10.1. The van der Waals surface area contributed by atoms with E-state index in [0.717, 1.165) is 6.42 Å². The molecule has 2 heteroatoms. The molecule has 3 atom stereocenters. The minimum atomic E-state index is -0.104. The Labute approximate surface area is 106 Å². The summed E-state index contributed by atoms with van der Waals surface area (Å²) >= 11 is 0. The lowest BCUT2D eigenvalue weighted by Gasteiger charge is -2.39. The zero-order valence-electron chi connectivity index (χ0n) is 11.1. The van der Waals surface area contributed by atoms with Crippen LogP contribution in [0.4, 0.5) is 0 Å². The van der Waals surface area contributed by atoms with Crippen LogP contribution < -0.4 is 0 Å². The van der Waals surface area contributed by atoms with Gasteiger partial charge in [0.1, 0.15) is 0 Å². The van der Waals surface area contributed by atoms with Crippen molar-refractivity contribution in [2.45, 2.75) is 76.0 Å². The molecule has 1 saturated carbocycles. The molecule has 1 fully saturated rings. The third kappa shape index (κ3) is 3.56. The molecule has 2 nitrogen and oxygen atoms in total. The molecule has 2 rings (SSSR count). The first kappa shape index (κ1) is 13.1. The molecule has 3 unspecified atom stereocenters. The van der Waals surface area contributed by atoms with Gasteiger partial charge in [0.25, 0.3) is 0 Å². The summed E-state index contributed by atoms with van der Waals surface area (Å²) in [6.07, 6.45) is 15.8. The number of likely N-dealkylation sites (N-methyl/N-ethyl adjacent to an activating group) is 1. The van der Waals surface area contributed by atoms with Crippen LogP contribution in [0.25, 0.3) is 0 Å². The largest absolute Gasteiger partial charge is 0.391 e. The lowest BCUT2D eigenvalue weighted by molar-refractivity contribution is 0.0190. The fourth-order valence-electron chi connectivity index (χ4n) is 3.29. The topological polar surface area (TPSA) is 23.5 Å². The molecule has 0 spiro atoms. The lowest BCUT2D eigenvalue weighted by Crippen LogP contribution is -2.47. The lowest BCUT2D eigenvalue weighted by atomic mass is 9.89. The molecule has 0 bridgehead atoms. The second-order valence-electron chi connectivity index (χ2n) is 5.72. The molecule has 0 heterocycles. The van der Waals surface area contributed by atoms with Gasteiger partial charge < -0.3 is 5.11 Å². The number of rotatable bonds is 2. The fraction of sp³-hybridized carbons (Fsp3) is 0.867. The van der Waals surface area contributed by atoms with Crippen molar-refractivity contribution in [3.63, 3.8) is 0 Å². The molecule has 0 aromatic heterocycles. The van der Waals surface area contributed by atoms with E-state index in [-0.39, 0.29) is 6.10 Å². The summed E-state index contributed by atoms with van der Waals surface area (Å²) in [4.78, 5) is 2.44. The van der Waals surface area contributed by atoms with E-state index in [2.05, 4.69) is 24.1 Å². The molecule has 98 valence electrons. The second kappa shape index (κ2) is 6.55. The van der Waals surface area contributed by atoms with Crippen molar-refractivity contribution in [3.05, 3.63) is 12.2 Å². The standard InChI is InChI=1S/C15H27NO/c1-16(14-11-7-8-12-15(14)17)13-9-5-3-2-4-6-10-13/h5,9,13-15,17H,2-4,6-8,10-12H2,1H3/b9-5+. The third-order valence-electron chi connectivity index (χ3n) is 4.47. The van der Waals surface area contributed by atoms with E-state index < -0.39 is 0 Å². The van der Waals surface area contributed by atoms with Crippen LogP contribution in [0.2, 0.25) is 0 Å². The van der Waals surface area contributed by atoms with Crippen molar-refractivity contribution in [1.29, 1.82) is 0 Å². The van der Waals surface area contributed by atoms with Crippen LogP contribution in [-0.4, -0.2) is 35.2 Å². The Morgan fingerprint density at radius 2 is 1.76 bits per heavy atom. The fourth-order valence-corrected chi connectivity index (χ4v) is 3.29. The summed E-state index contributed by atoms with van der Waals surface area (Å²) in [5.41, 5.74) is 0. The first-order chi connectivity index (χ1) is 8.29. The Hall–Kier alpha value is -0.340. The molecule has 2 aliphatic rings. The van der Waals surface area contributed by atoms with Gasteiger partial charge in [0, 0.05) is 12.1 Å². The SMILES string of the molecule is CN(C1/C=C/CCCCC1)C1CCCCC1O. The van der Waals surface area contributed by atoms with Crippen LogP contribution in [0.15, 0.2) is 12.2 Å². The predicted octanol–water partition coefficient (Wildman–Crippen LogP) is 3.11. The zero-order valence-corrected chi connectivity index (χ0v) is 11.1. The predicted molar refractivity (Wildman–Crippen MR) is 72.0 cm³/mol. The molecule has 0 aromatic carbocycles. The normalized spacial score (nSPS) is 37.5. The van der Waals surface area contributed by atoms with Gasteiger partial charge in [-0.1, -0.05) is 37.8 Å². The molecule has 2 aliphatic carbocycles. The van der Waals surface area contributed by atoms with Crippen LogP contribution >= 0.6 is 0 Å². The Morgan fingerprint density at radius 3 is 2.59 bits per heavy atom. The molecule has 0 aromatic rings. The van der Waals surface area contributed by atoms with Crippen molar-refractivity contribution in [2.75, 3.05) is 7.05 Å². The van der Waals surface area contributed by atoms with Crippen LogP contribution in [0.5, 0.6) is 0 Å². The summed E-state index contributed by atoms with van der Waals surface area (Å²) in [7, 11) is 2.20. The molecular weight excluding hydrogens is 210 g/mol. The van der Waals surface area contributed by atoms with Gasteiger partial charge in [-0.3, -0.25) is 4.90 Å². The van der Waals surface area contributed by atoms with E-state index in [9.17, 15) is 5.11 Å². The number of hydrogen-bond donors (Lipinski definition) is 1. The van der Waals surface area contributed by atoms with Gasteiger partial charge in [0.2, 0.25) is 0 Å². The molecule has 0 radical (unpaired) electrons. The quantitative estimate of drug-likeness (QED) is 0.746. The summed E-state index contributed by atoms with van der Waals surface area (Å²) in [5.74, 6) is 0. The third-order valence-corrected chi connectivity index (χ3v) is 4.47. The second-order valence-corrected chi connectivity index (χ2v) is 5.72. The van der Waals surface area contributed by atoms with Gasteiger partial charge in [-0.2, -0.15) is 0 Å². The minimum absolute atomic E-state index is 0.104. The maximum absolute atomic E-state index is 10.1. The number of nitrogens with zero attached hydrogens (tertiary/aromatic N) is 1. The van der Waals surface area contributed by atoms with E-state index >= 15 is 0 Å². The van der Waals surface area contributed by atoms with Crippen LogP contribution in [0.1, 0.15) is 57.8 Å². The van der Waals surface area contributed by atoms with Crippen molar-refractivity contribution < 1.29 is 5.11 Å². The van der Waals surface area contributed by atoms with E-state index in [0.29, 0.717) is 12.1 Å². The van der Waals surface area contributed by atoms with Crippen LogP contribution in [-0.2, 0) is 0 Å². The van der Waals surface area contributed by atoms with E-state index in [1.54, 1.807) is 0 Å². The number of aliphatic hydroxyl groups excluding tert-OH is 1. The maximum Gasteiger partial charge on any atom is 0.0695 e. The van der Waals surface area contributed by atoms with E-state index in [1.165, 1.54) is 51.4 Å². The maximum atomic E-state index is 10.1. The number of hydrogen-bond acceptors (Lipinski definition) is 2. The van der Waals surface area contributed by atoms with Crippen molar-refractivity contribution in [2.24, 2.45) is 0 Å².